The molecule has 1 atom stereocenters. The standard InChI is InChI=1S/C12H16N2O2/c1-16-12(15)9-6-7-14(8-9)11-4-2-10(13)3-5-11/h2-5,9H,6-8,13H2,1H3/t9-/m1/s1. The molecule has 0 amide bonds. The van der Waals surface area contributed by atoms with Gasteiger partial charge in [0, 0.05) is 24.5 Å². The van der Waals surface area contributed by atoms with Crippen molar-refractivity contribution in [2.45, 2.75) is 6.42 Å². The summed E-state index contributed by atoms with van der Waals surface area (Å²) < 4.78 is 4.75. The Balaban J connectivity index is 2.03. The Bertz CT molecular complexity index is 375. The fourth-order valence-electron chi connectivity index (χ4n) is 2.04. The molecule has 0 bridgehead atoms. The van der Waals surface area contributed by atoms with Gasteiger partial charge in [-0.15, -0.1) is 0 Å². The first kappa shape index (κ1) is 10.8. The molecule has 1 aromatic rings. The van der Waals surface area contributed by atoms with Crippen LogP contribution in [0.4, 0.5) is 11.4 Å². The summed E-state index contributed by atoms with van der Waals surface area (Å²) in [5, 5.41) is 0. The minimum atomic E-state index is -0.113. The van der Waals surface area contributed by atoms with Crippen LogP contribution in [-0.4, -0.2) is 26.2 Å². The number of esters is 1. The third-order valence-electron chi connectivity index (χ3n) is 2.98. The Kier molecular flexibility index (Phi) is 2.99. The number of methoxy groups -OCH3 is 1. The highest BCUT2D eigenvalue weighted by Gasteiger charge is 2.28. The molecular formula is C12H16N2O2. The number of rotatable bonds is 2. The topological polar surface area (TPSA) is 55.6 Å². The van der Waals surface area contributed by atoms with Gasteiger partial charge in [0.25, 0.3) is 0 Å². The van der Waals surface area contributed by atoms with Gasteiger partial charge in [-0.25, -0.2) is 0 Å². The lowest BCUT2D eigenvalue weighted by Gasteiger charge is -2.18. The molecule has 2 N–H and O–H groups in total. The monoisotopic (exact) mass is 220 g/mol. The molecule has 16 heavy (non-hydrogen) atoms. The second-order valence-electron chi connectivity index (χ2n) is 4.05. The number of hydrogen-bond donors (Lipinski definition) is 1. The van der Waals surface area contributed by atoms with Crippen LogP contribution in [0.2, 0.25) is 0 Å². The summed E-state index contributed by atoms with van der Waals surface area (Å²) in [6.45, 7) is 1.63. The van der Waals surface area contributed by atoms with Gasteiger partial charge in [-0.1, -0.05) is 0 Å². The molecule has 0 unspecified atom stereocenters. The molecule has 0 aromatic heterocycles. The summed E-state index contributed by atoms with van der Waals surface area (Å²) in [4.78, 5) is 13.6. The molecule has 86 valence electrons. The van der Waals surface area contributed by atoms with Gasteiger partial charge >= 0.3 is 5.97 Å². The van der Waals surface area contributed by atoms with E-state index in [1.807, 2.05) is 24.3 Å². The van der Waals surface area contributed by atoms with Crippen LogP contribution >= 0.6 is 0 Å². The lowest BCUT2D eigenvalue weighted by Crippen LogP contribution is -2.23. The van der Waals surface area contributed by atoms with Crippen molar-refractivity contribution in [3.05, 3.63) is 24.3 Å². The lowest BCUT2D eigenvalue weighted by molar-refractivity contribution is -0.144. The van der Waals surface area contributed by atoms with Gasteiger partial charge in [0.15, 0.2) is 0 Å². The predicted molar refractivity (Wildman–Crippen MR) is 63.2 cm³/mol. The van der Waals surface area contributed by atoms with Crippen LogP contribution in [0.15, 0.2) is 24.3 Å². The van der Waals surface area contributed by atoms with Crippen LogP contribution in [0.1, 0.15) is 6.42 Å². The van der Waals surface area contributed by atoms with Gasteiger partial charge in [0.05, 0.1) is 13.0 Å². The Labute approximate surface area is 95.0 Å². The molecule has 0 saturated carbocycles. The van der Waals surface area contributed by atoms with E-state index in [2.05, 4.69) is 4.90 Å². The maximum atomic E-state index is 11.4. The first-order valence-electron chi connectivity index (χ1n) is 5.39. The molecule has 2 rings (SSSR count). The molecule has 4 heteroatoms. The Morgan fingerprint density at radius 1 is 1.44 bits per heavy atom. The smallest absolute Gasteiger partial charge is 0.310 e. The summed E-state index contributed by atoms with van der Waals surface area (Å²) in [6.07, 6.45) is 0.858. The van der Waals surface area contributed by atoms with Crippen LogP contribution in [0, 0.1) is 5.92 Å². The van der Waals surface area contributed by atoms with E-state index in [-0.39, 0.29) is 11.9 Å². The maximum Gasteiger partial charge on any atom is 0.310 e. The molecule has 1 heterocycles. The van der Waals surface area contributed by atoms with E-state index in [0.29, 0.717) is 0 Å². The molecule has 0 spiro atoms. The van der Waals surface area contributed by atoms with Gasteiger partial charge in [-0.05, 0) is 30.7 Å². The highest BCUT2D eigenvalue weighted by Crippen LogP contribution is 2.25. The zero-order valence-corrected chi connectivity index (χ0v) is 9.35. The summed E-state index contributed by atoms with van der Waals surface area (Å²) in [5.41, 5.74) is 7.50. The molecule has 1 aliphatic rings. The number of carbonyl (C=O) groups is 1. The molecule has 1 aromatic carbocycles. The fraction of sp³-hybridized carbons (Fsp3) is 0.417. The second-order valence-corrected chi connectivity index (χ2v) is 4.05. The van der Waals surface area contributed by atoms with Crippen LogP contribution < -0.4 is 10.6 Å². The zero-order chi connectivity index (χ0) is 11.5. The van der Waals surface area contributed by atoms with Gasteiger partial charge in [0.1, 0.15) is 0 Å². The Morgan fingerprint density at radius 2 is 2.12 bits per heavy atom. The van der Waals surface area contributed by atoms with Crippen LogP contribution in [0.25, 0.3) is 0 Å². The van der Waals surface area contributed by atoms with Crippen molar-refractivity contribution in [3.63, 3.8) is 0 Å². The molecule has 1 fully saturated rings. The third-order valence-corrected chi connectivity index (χ3v) is 2.98. The van der Waals surface area contributed by atoms with E-state index in [1.54, 1.807) is 0 Å². The molecule has 1 aliphatic heterocycles. The molecule has 0 aliphatic carbocycles. The van der Waals surface area contributed by atoms with Crippen LogP contribution in [0.5, 0.6) is 0 Å². The largest absolute Gasteiger partial charge is 0.469 e. The lowest BCUT2D eigenvalue weighted by atomic mass is 10.1. The zero-order valence-electron chi connectivity index (χ0n) is 9.35. The van der Waals surface area contributed by atoms with Gasteiger partial charge in [0.2, 0.25) is 0 Å². The maximum absolute atomic E-state index is 11.4. The van der Waals surface area contributed by atoms with E-state index in [1.165, 1.54) is 7.11 Å². The number of hydrogen-bond acceptors (Lipinski definition) is 4. The predicted octanol–water partition coefficient (Wildman–Crippen LogP) is 1.27. The van der Waals surface area contributed by atoms with Gasteiger partial charge < -0.3 is 15.4 Å². The van der Waals surface area contributed by atoms with E-state index in [0.717, 1.165) is 30.9 Å². The van der Waals surface area contributed by atoms with Crippen molar-refractivity contribution in [1.82, 2.24) is 0 Å². The normalized spacial score (nSPS) is 19.8. The Hall–Kier alpha value is -1.71. The minimum absolute atomic E-state index is 0.00236. The summed E-state index contributed by atoms with van der Waals surface area (Å²) >= 11 is 0. The quantitative estimate of drug-likeness (QED) is 0.602. The van der Waals surface area contributed by atoms with Crippen molar-refractivity contribution < 1.29 is 9.53 Å². The van der Waals surface area contributed by atoms with E-state index < -0.39 is 0 Å². The van der Waals surface area contributed by atoms with Crippen molar-refractivity contribution in [2.24, 2.45) is 5.92 Å². The third kappa shape index (κ3) is 2.10. The number of benzene rings is 1. The average molecular weight is 220 g/mol. The number of carbonyl (C=O) groups excluding carboxylic acids is 1. The van der Waals surface area contributed by atoms with Crippen molar-refractivity contribution in [3.8, 4) is 0 Å². The highest BCUT2D eigenvalue weighted by atomic mass is 16.5. The second kappa shape index (κ2) is 4.43. The van der Waals surface area contributed by atoms with Crippen molar-refractivity contribution in [2.75, 3.05) is 30.8 Å². The highest BCUT2D eigenvalue weighted by molar-refractivity contribution is 5.74. The minimum Gasteiger partial charge on any atom is -0.469 e. The number of nitrogens with two attached hydrogens (primary N) is 1. The number of nitrogens with zero attached hydrogens (tertiary/aromatic N) is 1. The SMILES string of the molecule is COC(=O)[C@@H]1CCN(c2ccc(N)cc2)C1. The van der Waals surface area contributed by atoms with Gasteiger partial charge in [-0.3, -0.25) is 4.79 Å². The van der Waals surface area contributed by atoms with Crippen LogP contribution in [-0.2, 0) is 9.53 Å². The number of ether oxygens (including phenoxy) is 1. The van der Waals surface area contributed by atoms with Crippen molar-refractivity contribution >= 4 is 17.3 Å². The number of anilines is 2. The first-order valence-corrected chi connectivity index (χ1v) is 5.39. The summed E-state index contributed by atoms with van der Waals surface area (Å²) in [7, 11) is 1.44. The summed E-state index contributed by atoms with van der Waals surface area (Å²) in [6, 6.07) is 7.71. The molecule has 4 nitrogen and oxygen atoms in total. The van der Waals surface area contributed by atoms with Gasteiger partial charge in [-0.2, -0.15) is 0 Å². The van der Waals surface area contributed by atoms with E-state index in [9.17, 15) is 4.79 Å². The van der Waals surface area contributed by atoms with Crippen molar-refractivity contribution in [1.29, 1.82) is 0 Å². The van der Waals surface area contributed by atoms with E-state index in [4.69, 9.17) is 10.5 Å². The Morgan fingerprint density at radius 3 is 2.75 bits per heavy atom. The fourth-order valence-corrected chi connectivity index (χ4v) is 2.04. The first-order chi connectivity index (χ1) is 7.70. The molecular weight excluding hydrogens is 204 g/mol. The van der Waals surface area contributed by atoms with E-state index >= 15 is 0 Å². The number of nitrogen functional groups attached to an aromatic ring is 1. The van der Waals surface area contributed by atoms with Crippen LogP contribution in [0.3, 0.4) is 0 Å². The molecule has 1 saturated heterocycles. The summed E-state index contributed by atoms with van der Waals surface area (Å²) in [5.74, 6) is -0.111. The molecule has 0 radical (unpaired) electrons. The average Bonchev–Trinajstić information content (AvgIpc) is 2.78.